The summed E-state index contributed by atoms with van der Waals surface area (Å²) in [6, 6.07) is 1.66. The summed E-state index contributed by atoms with van der Waals surface area (Å²) in [6.45, 7) is 7.99. The molecule has 0 aromatic carbocycles. The number of amides is 1. The number of rotatable bonds is 1. The second-order valence-electron chi connectivity index (χ2n) is 7.17. The fourth-order valence-electron chi connectivity index (χ4n) is 3.08. The molecular formula is C17H22ClN3O3. The molecule has 24 heavy (non-hydrogen) atoms. The molecule has 0 saturated carbocycles. The SMILES string of the molecule is CC(C)(C)OC(=O)N1CCN(c2nc(Cl)cc3c2CCC3=O)CC1. The average molecular weight is 352 g/mol. The second kappa shape index (κ2) is 6.24. The van der Waals surface area contributed by atoms with Crippen LogP contribution in [0.1, 0.15) is 43.1 Å². The lowest BCUT2D eigenvalue weighted by atomic mass is 10.1. The number of ketones is 1. The molecule has 1 amide bonds. The maximum atomic E-state index is 12.1. The Morgan fingerprint density at radius 3 is 2.50 bits per heavy atom. The van der Waals surface area contributed by atoms with E-state index in [-0.39, 0.29) is 11.9 Å². The Morgan fingerprint density at radius 2 is 1.88 bits per heavy atom. The Kier molecular flexibility index (Phi) is 4.42. The third-order valence-corrected chi connectivity index (χ3v) is 4.40. The Morgan fingerprint density at radius 1 is 1.21 bits per heavy atom. The minimum atomic E-state index is -0.496. The third kappa shape index (κ3) is 3.48. The molecule has 1 saturated heterocycles. The molecule has 7 heteroatoms. The second-order valence-corrected chi connectivity index (χ2v) is 7.56. The normalized spacial score (nSPS) is 17.9. The van der Waals surface area contributed by atoms with Crippen LogP contribution in [-0.4, -0.2) is 53.5 Å². The molecule has 1 aliphatic carbocycles. The summed E-state index contributed by atoms with van der Waals surface area (Å²) >= 11 is 6.09. The van der Waals surface area contributed by atoms with E-state index in [1.165, 1.54) is 0 Å². The van der Waals surface area contributed by atoms with Crippen LogP contribution in [-0.2, 0) is 11.2 Å². The number of fused-ring (bicyclic) bond motifs is 1. The quantitative estimate of drug-likeness (QED) is 0.728. The summed E-state index contributed by atoms with van der Waals surface area (Å²) in [5, 5.41) is 0.341. The van der Waals surface area contributed by atoms with Gasteiger partial charge in [0.15, 0.2) is 5.78 Å². The summed E-state index contributed by atoms with van der Waals surface area (Å²) in [5.74, 6) is 0.912. The Balaban J connectivity index is 1.71. The Hall–Kier alpha value is -1.82. The van der Waals surface area contributed by atoms with E-state index in [9.17, 15) is 9.59 Å². The van der Waals surface area contributed by atoms with Crippen molar-refractivity contribution in [3.63, 3.8) is 0 Å². The van der Waals surface area contributed by atoms with Crippen LogP contribution in [0.2, 0.25) is 5.15 Å². The van der Waals surface area contributed by atoms with Crippen molar-refractivity contribution in [1.29, 1.82) is 0 Å². The van der Waals surface area contributed by atoms with Gasteiger partial charge in [-0.15, -0.1) is 0 Å². The zero-order valence-electron chi connectivity index (χ0n) is 14.3. The first-order valence-corrected chi connectivity index (χ1v) is 8.58. The number of halogens is 1. The van der Waals surface area contributed by atoms with E-state index < -0.39 is 5.60 Å². The molecule has 2 aliphatic rings. The zero-order chi connectivity index (χ0) is 17.5. The first kappa shape index (κ1) is 17.0. The zero-order valence-corrected chi connectivity index (χ0v) is 15.0. The number of nitrogens with zero attached hydrogens (tertiary/aromatic N) is 3. The van der Waals surface area contributed by atoms with E-state index in [2.05, 4.69) is 9.88 Å². The Labute approximate surface area is 146 Å². The number of carbonyl (C=O) groups excluding carboxylic acids is 2. The molecule has 0 spiro atoms. The van der Waals surface area contributed by atoms with Gasteiger partial charge in [0.2, 0.25) is 0 Å². The van der Waals surface area contributed by atoms with Gasteiger partial charge in [-0.25, -0.2) is 9.78 Å². The first-order valence-electron chi connectivity index (χ1n) is 8.20. The van der Waals surface area contributed by atoms with Gasteiger partial charge in [0.1, 0.15) is 16.6 Å². The van der Waals surface area contributed by atoms with Gasteiger partial charge in [0, 0.05) is 43.7 Å². The summed E-state index contributed by atoms with van der Waals surface area (Å²) < 4.78 is 5.41. The molecule has 0 atom stereocenters. The molecule has 1 aromatic rings. The third-order valence-electron chi connectivity index (χ3n) is 4.20. The van der Waals surface area contributed by atoms with Crippen molar-refractivity contribution in [2.45, 2.75) is 39.2 Å². The maximum absolute atomic E-state index is 12.1. The number of pyridine rings is 1. The van der Waals surface area contributed by atoms with Crippen LogP contribution in [0, 0.1) is 0 Å². The minimum Gasteiger partial charge on any atom is -0.444 e. The van der Waals surface area contributed by atoms with E-state index in [1.807, 2.05) is 20.8 Å². The van der Waals surface area contributed by atoms with Gasteiger partial charge in [-0.05, 0) is 33.3 Å². The van der Waals surface area contributed by atoms with Gasteiger partial charge in [0.25, 0.3) is 0 Å². The van der Waals surface area contributed by atoms with Crippen molar-refractivity contribution < 1.29 is 14.3 Å². The van der Waals surface area contributed by atoms with Gasteiger partial charge in [-0.1, -0.05) is 11.6 Å². The number of anilines is 1. The molecule has 1 aliphatic heterocycles. The number of Topliss-reactive ketones (excluding diaryl/α,β-unsaturated/α-hetero) is 1. The maximum Gasteiger partial charge on any atom is 0.410 e. The fourth-order valence-corrected chi connectivity index (χ4v) is 3.27. The van der Waals surface area contributed by atoms with E-state index in [0.29, 0.717) is 49.7 Å². The molecule has 130 valence electrons. The summed E-state index contributed by atoms with van der Waals surface area (Å²) in [4.78, 5) is 32.3. The predicted octanol–water partition coefficient (Wildman–Crippen LogP) is 2.92. The molecule has 2 heterocycles. The summed E-state index contributed by atoms with van der Waals surface area (Å²) in [6.07, 6.45) is 0.934. The van der Waals surface area contributed by atoms with Crippen LogP contribution < -0.4 is 4.90 Å². The van der Waals surface area contributed by atoms with E-state index in [0.717, 1.165) is 11.4 Å². The monoisotopic (exact) mass is 351 g/mol. The molecule has 6 nitrogen and oxygen atoms in total. The number of piperazine rings is 1. The number of hydrogen-bond donors (Lipinski definition) is 0. The highest BCUT2D eigenvalue weighted by molar-refractivity contribution is 6.30. The molecule has 1 aromatic heterocycles. The molecule has 0 unspecified atom stereocenters. The van der Waals surface area contributed by atoms with Gasteiger partial charge >= 0.3 is 6.09 Å². The van der Waals surface area contributed by atoms with E-state index in [4.69, 9.17) is 16.3 Å². The first-order chi connectivity index (χ1) is 11.2. The largest absolute Gasteiger partial charge is 0.444 e. The van der Waals surface area contributed by atoms with Crippen molar-refractivity contribution in [1.82, 2.24) is 9.88 Å². The molecule has 0 bridgehead atoms. The molecule has 1 fully saturated rings. The lowest BCUT2D eigenvalue weighted by Gasteiger charge is -2.36. The van der Waals surface area contributed by atoms with Gasteiger partial charge in [-0.2, -0.15) is 0 Å². The number of ether oxygens (including phenoxy) is 1. The number of aromatic nitrogens is 1. The Bertz CT molecular complexity index is 676. The lowest BCUT2D eigenvalue weighted by Crippen LogP contribution is -2.50. The smallest absolute Gasteiger partial charge is 0.410 e. The summed E-state index contributed by atoms with van der Waals surface area (Å²) in [7, 11) is 0. The van der Waals surface area contributed by atoms with Crippen molar-refractivity contribution >= 4 is 29.3 Å². The van der Waals surface area contributed by atoms with Gasteiger partial charge in [0.05, 0.1) is 0 Å². The highest BCUT2D eigenvalue weighted by Crippen LogP contribution is 2.32. The van der Waals surface area contributed by atoms with Crippen molar-refractivity contribution in [3.8, 4) is 0 Å². The van der Waals surface area contributed by atoms with Gasteiger partial charge in [-0.3, -0.25) is 4.79 Å². The van der Waals surface area contributed by atoms with Crippen LogP contribution in [0.15, 0.2) is 6.07 Å². The highest BCUT2D eigenvalue weighted by atomic mass is 35.5. The number of hydrogen-bond acceptors (Lipinski definition) is 5. The molecule has 0 N–H and O–H groups in total. The van der Waals surface area contributed by atoms with Crippen LogP contribution in [0.5, 0.6) is 0 Å². The van der Waals surface area contributed by atoms with E-state index in [1.54, 1.807) is 11.0 Å². The number of carbonyl (C=O) groups is 2. The standard InChI is InChI=1S/C17H22ClN3O3/c1-17(2,3)24-16(23)21-8-6-20(7-9-21)15-11-4-5-13(22)12(11)10-14(18)19-15/h10H,4-9H2,1-3H3. The van der Waals surface area contributed by atoms with Crippen molar-refractivity contribution in [2.75, 3.05) is 31.1 Å². The molecule has 0 radical (unpaired) electrons. The minimum absolute atomic E-state index is 0.128. The van der Waals surface area contributed by atoms with Crippen molar-refractivity contribution in [3.05, 3.63) is 22.3 Å². The van der Waals surface area contributed by atoms with E-state index >= 15 is 0 Å². The molecular weight excluding hydrogens is 330 g/mol. The molecule has 3 rings (SSSR count). The fraction of sp³-hybridized carbons (Fsp3) is 0.588. The lowest BCUT2D eigenvalue weighted by molar-refractivity contribution is 0.0240. The average Bonchev–Trinajstić information content (AvgIpc) is 2.86. The predicted molar refractivity (Wildman–Crippen MR) is 91.9 cm³/mol. The van der Waals surface area contributed by atoms with Crippen molar-refractivity contribution in [2.24, 2.45) is 0 Å². The topological polar surface area (TPSA) is 62.7 Å². The van der Waals surface area contributed by atoms with Crippen LogP contribution in [0.4, 0.5) is 10.6 Å². The van der Waals surface area contributed by atoms with Crippen LogP contribution >= 0.6 is 11.6 Å². The summed E-state index contributed by atoms with van der Waals surface area (Å²) in [5.41, 5.74) is 1.18. The van der Waals surface area contributed by atoms with Crippen LogP contribution in [0.25, 0.3) is 0 Å². The van der Waals surface area contributed by atoms with Crippen LogP contribution in [0.3, 0.4) is 0 Å². The van der Waals surface area contributed by atoms with Gasteiger partial charge < -0.3 is 14.5 Å². The highest BCUT2D eigenvalue weighted by Gasteiger charge is 2.30.